The molecule has 2 unspecified atom stereocenters. The van der Waals surface area contributed by atoms with Crippen molar-refractivity contribution in [2.45, 2.75) is 77.8 Å². The molecule has 0 radical (unpaired) electrons. The first-order valence-corrected chi connectivity index (χ1v) is 12.3. The Morgan fingerprint density at radius 2 is 1.68 bits per heavy atom. The molecule has 2 fully saturated rings. The summed E-state index contributed by atoms with van der Waals surface area (Å²) in [7, 11) is -1.00. The number of carbonyl (C=O) groups excluding carboxylic acids is 1. The largest absolute Gasteiger partial charge is 0.448 e. The standard InChI is InChI=1S/C21H23NO2.C6H13N.CH3F.CH4/c1-2-15-8-7-13-22(15)21(23)24-14-20-18-11-5-3-9-16(18)17-10-4-6-12-19(17)20;1-2-6-4-3-5-7-6;1-2;/h3-6,9-12,15,20H,2,7-8,13-14H2,1H3;6-7H,2-5H2,1H3;1H3;1H4/i;;1D;. The maximum Gasteiger partial charge on any atom is 0.410 e. The van der Waals surface area contributed by atoms with Gasteiger partial charge in [0.05, 0.1) is 8.52 Å². The van der Waals surface area contributed by atoms with Crippen LogP contribution in [0.3, 0.4) is 0 Å². The van der Waals surface area contributed by atoms with Gasteiger partial charge in [0.2, 0.25) is 0 Å². The van der Waals surface area contributed by atoms with Crippen LogP contribution in [0, 0.1) is 0 Å². The molecule has 0 spiro atoms. The highest BCUT2D eigenvalue weighted by Crippen LogP contribution is 2.44. The number of hydrogen-bond acceptors (Lipinski definition) is 3. The van der Waals surface area contributed by atoms with Crippen LogP contribution in [0.5, 0.6) is 0 Å². The van der Waals surface area contributed by atoms with Gasteiger partial charge in [0.1, 0.15) is 6.61 Å². The molecule has 1 N–H and O–H groups in total. The molecular weight excluding hydrogens is 427 g/mol. The molecule has 2 heterocycles. The Bertz CT molecular complexity index is 858. The Morgan fingerprint density at radius 3 is 2.18 bits per heavy atom. The molecule has 34 heavy (non-hydrogen) atoms. The molecule has 2 aliphatic heterocycles. The molecule has 4 nitrogen and oxygen atoms in total. The zero-order chi connectivity index (χ0) is 24.3. The van der Waals surface area contributed by atoms with Gasteiger partial charge in [-0.25, -0.2) is 4.79 Å². The number of fused-ring (bicyclic) bond motifs is 3. The third-order valence-electron chi connectivity index (χ3n) is 7.07. The number of alkyl halides is 1. The molecule has 3 aliphatic rings. The molecule has 2 atom stereocenters. The zero-order valence-electron chi connectivity index (χ0n) is 21.1. The van der Waals surface area contributed by atoms with E-state index in [9.17, 15) is 9.18 Å². The van der Waals surface area contributed by atoms with E-state index in [1.807, 2.05) is 4.90 Å². The second kappa shape index (κ2) is 14.1. The van der Waals surface area contributed by atoms with Crippen molar-refractivity contribution in [3.05, 3.63) is 59.7 Å². The third kappa shape index (κ3) is 6.38. The summed E-state index contributed by atoms with van der Waals surface area (Å²) in [5, 5.41) is 3.41. The zero-order valence-corrected chi connectivity index (χ0v) is 20.1. The maximum absolute atomic E-state index is 12.5. The molecule has 1 aliphatic carbocycles. The van der Waals surface area contributed by atoms with Gasteiger partial charge >= 0.3 is 6.09 Å². The van der Waals surface area contributed by atoms with Crippen molar-refractivity contribution in [3.8, 4) is 11.1 Å². The van der Waals surface area contributed by atoms with Crippen LogP contribution < -0.4 is 5.32 Å². The number of ether oxygens (including phenoxy) is 1. The van der Waals surface area contributed by atoms with Gasteiger partial charge in [0.15, 0.2) is 0 Å². The molecular formula is C29H43FN2O2. The van der Waals surface area contributed by atoms with Crippen LogP contribution in [-0.2, 0) is 4.74 Å². The van der Waals surface area contributed by atoms with Gasteiger partial charge in [0, 0.05) is 24.5 Å². The Kier molecular flexibility index (Phi) is 10.9. The summed E-state index contributed by atoms with van der Waals surface area (Å²) >= 11 is 0. The van der Waals surface area contributed by atoms with Gasteiger partial charge in [-0.05, 0) is 67.3 Å². The fraction of sp³-hybridized carbons (Fsp3) is 0.552. The van der Waals surface area contributed by atoms with E-state index in [1.165, 1.54) is 48.1 Å². The Labute approximate surface area is 207 Å². The molecule has 2 saturated heterocycles. The lowest BCUT2D eigenvalue weighted by Crippen LogP contribution is -2.36. The lowest BCUT2D eigenvalue weighted by molar-refractivity contribution is 0.0950. The number of halogens is 1. The lowest BCUT2D eigenvalue weighted by atomic mass is 9.98. The fourth-order valence-electron chi connectivity index (χ4n) is 5.28. The van der Waals surface area contributed by atoms with Gasteiger partial charge in [-0.15, -0.1) is 0 Å². The minimum Gasteiger partial charge on any atom is -0.448 e. The Morgan fingerprint density at radius 1 is 1.06 bits per heavy atom. The summed E-state index contributed by atoms with van der Waals surface area (Å²) in [6.07, 6.45) is 7.13. The quantitative estimate of drug-likeness (QED) is 0.513. The van der Waals surface area contributed by atoms with Crippen LogP contribution in [0.15, 0.2) is 48.5 Å². The van der Waals surface area contributed by atoms with Gasteiger partial charge in [-0.2, -0.15) is 0 Å². The van der Waals surface area contributed by atoms with Crippen molar-refractivity contribution in [2.24, 2.45) is 0 Å². The summed E-state index contributed by atoms with van der Waals surface area (Å²) in [6, 6.07) is 18.1. The smallest absolute Gasteiger partial charge is 0.410 e. The van der Waals surface area contributed by atoms with E-state index in [-0.39, 0.29) is 19.4 Å². The van der Waals surface area contributed by atoms with Gasteiger partial charge in [-0.3, -0.25) is 4.39 Å². The summed E-state index contributed by atoms with van der Waals surface area (Å²) in [5.74, 6) is 0.143. The average Bonchev–Trinajstić information content (AvgIpc) is 3.63. The van der Waals surface area contributed by atoms with Crippen molar-refractivity contribution in [1.82, 2.24) is 10.2 Å². The highest BCUT2D eigenvalue weighted by Gasteiger charge is 2.32. The van der Waals surface area contributed by atoms with Gasteiger partial charge in [0.25, 0.3) is 0 Å². The van der Waals surface area contributed by atoms with Crippen LogP contribution in [-0.4, -0.2) is 49.9 Å². The molecule has 1 amide bonds. The van der Waals surface area contributed by atoms with Crippen molar-refractivity contribution < 1.29 is 15.3 Å². The summed E-state index contributed by atoms with van der Waals surface area (Å²) < 4.78 is 21.2. The number of nitrogens with zero attached hydrogens (tertiary/aromatic N) is 1. The second-order valence-corrected chi connectivity index (χ2v) is 8.90. The van der Waals surface area contributed by atoms with Crippen LogP contribution >= 0.6 is 0 Å². The Balaban J connectivity index is 0.000000332. The van der Waals surface area contributed by atoms with Crippen molar-refractivity contribution in [2.75, 3.05) is 26.8 Å². The van der Waals surface area contributed by atoms with Crippen LogP contribution in [0.4, 0.5) is 9.18 Å². The number of amides is 1. The first-order valence-electron chi connectivity index (χ1n) is 13.0. The van der Waals surface area contributed by atoms with E-state index >= 15 is 0 Å². The minimum absolute atomic E-state index is 0. The van der Waals surface area contributed by atoms with Crippen molar-refractivity contribution in [1.29, 1.82) is 0 Å². The van der Waals surface area contributed by atoms with Crippen molar-refractivity contribution >= 4 is 6.09 Å². The fourth-order valence-corrected chi connectivity index (χ4v) is 5.28. The lowest BCUT2D eigenvalue weighted by Gasteiger charge is -2.24. The number of carbonyl (C=O) groups is 1. The maximum atomic E-state index is 12.5. The molecule has 188 valence electrons. The first-order chi connectivity index (χ1) is 16.6. The molecule has 2 aromatic carbocycles. The Hall–Kier alpha value is -2.40. The first kappa shape index (κ1) is 26.2. The predicted molar refractivity (Wildman–Crippen MR) is 140 cm³/mol. The number of likely N-dealkylation sites (tertiary alicyclic amines) is 1. The molecule has 2 aromatic rings. The SMILES string of the molecule is C.CCC1CCCN1.CCC1CCCN1C(=O)OCC1c2ccccc2-c2ccccc21.[2H]CF. The van der Waals surface area contributed by atoms with Crippen molar-refractivity contribution in [3.63, 3.8) is 0 Å². The summed E-state index contributed by atoms with van der Waals surface area (Å²) in [4.78, 5) is 14.4. The van der Waals surface area contributed by atoms with E-state index in [2.05, 4.69) is 67.7 Å². The van der Waals surface area contributed by atoms with Gasteiger partial charge in [-0.1, -0.05) is 69.8 Å². The van der Waals surface area contributed by atoms with E-state index in [4.69, 9.17) is 6.11 Å². The minimum atomic E-state index is -1.00. The number of hydrogen-bond donors (Lipinski definition) is 1. The highest BCUT2D eigenvalue weighted by molar-refractivity contribution is 5.79. The van der Waals surface area contributed by atoms with E-state index in [1.54, 1.807) is 0 Å². The van der Waals surface area contributed by atoms with Crippen LogP contribution in [0.2, 0.25) is 0 Å². The monoisotopic (exact) mass is 471 g/mol. The highest BCUT2D eigenvalue weighted by atomic mass is 19.1. The normalized spacial score (nSPS) is 20.6. The average molecular weight is 472 g/mol. The topological polar surface area (TPSA) is 41.6 Å². The molecule has 5 rings (SSSR count). The van der Waals surface area contributed by atoms with E-state index in [0.29, 0.717) is 12.6 Å². The molecule has 0 bridgehead atoms. The molecule has 0 aromatic heterocycles. The van der Waals surface area contributed by atoms with Gasteiger partial charge < -0.3 is 15.0 Å². The summed E-state index contributed by atoms with van der Waals surface area (Å²) in [5.41, 5.74) is 5.06. The third-order valence-corrected chi connectivity index (χ3v) is 7.07. The summed E-state index contributed by atoms with van der Waals surface area (Å²) in [6.45, 7) is 6.87. The predicted octanol–water partition coefficient (Wildman–Crippen LogP) is 7.18. The van der Waals surface area contributed by atoms with Crippen LogP contribution in [0.1, 0.15) is 78.2 Å². The van der Waals surface area contributed by atoms with E-state index < -0.39 is 7.15 Å². The number of nitrogens with one attached hydrogen (secondary N) is 1. The second-order valence-electron chi connectivity index (χ2n) is 8.90. The number of rotatable bonds is 4. The molecule has 5 heteroatoms. The molecule has 0 saturated carbocycles. The van der Waals surface area contributed by atoms with Crippen LogP contribution in [0.25, 0.3) is 11.1 Å². The number of benzene rings is 2. The van der Waals surface area contributed by atoms with E-state index in [0.717, 1.165) is 31.8 Å².